The first-order valence-corrected chi connectivity index (χ1v) is 8.32. The van der Waals surface area contributed by atoms with Crippen LogP contribution in [0.15, 0.2) is 67.3 Å². The van der Waals surface area contributed by atoms with E-state index in [1.807, 2.05) is 54.6 Å². The number of ketones is 1. The molecule has 0 unspecified atom stereocenters. The van der Waals surface area contributed by atoms with Crippen molar-refractivity contribution in [3.63, 3.8) is 0 Å². The molecule has 0 bridgehead atoms. The Hall–Kier alpha value is -2.72. The zero-order chi connectivity index (χ0) is 18.3. The lowest BCUT2D eigenvalue weighted by Crippen LogP contribution is -2.44. The fraction of sp³-hybridized carbons (Fsp3) is 0.238. The van der Waals surface area contributed by atoms with Crippen molar-refractivity contribution in [3.8, 4) is 0 Å². The molecule has 2 aromatic rings. The van der Waals surface area contributed by atoms with Gasteiger partial charge in [-0.15, -0.1) is 0 Å². The van der Waals surface area contributed by atoms with Crippen LogP contribution in [0.2, 0.25) is 0 Å². The molecule has 0 saturated heterocycles. The van der Waals surface area contributed by atoms with Gasteiger partial charge in [-0.1, -0.05) is 61.2 Å². The summed E-state index contributed by atoms with van der Waals surface area (Å²) in [5.74, 6) is -0.114. The van der Waals surface area contributed by atoms with Crippen LogP contribution in [0.5, 0.6) is 0 Å². The van der Waals surface area contributed by atoms with Gasteiger partial charge >= 0.3 is 0 Å². The van der Waals surface area contributed by atoms with Gasteiger partial charge in [0.2, 0.25) is 5.91 Å². The van der Waals surface area contributed by atoms with Gasteiger partial charge in [-0.2, -0.15) is 0 Å². The number of carbonyl (C=O) groups is 2. The van der Waals surface area contributed by atoms with Crippen molar-refractivity contribution in [2.75, 3.05) is 27.2 Å². The van der Waals surface area contributed by atoms with Gasteiger partial charge in [0, 0.05) is 16.7 Å². The lowest BCUT2D eigenvalue weighted by Gasteiger charge is -2.30. The van der Waals surface area contributed by atoms with E-state index >= 15 is 0 Å². The monoisotopic (exact) mass is 337 g/mol. The maximum Gasteiger partial charge on any atom is 0.243 e. The van der Waals surface area contributed by atoms with Crippen LogP contribution in [0.4, 0.5) is 0 Å². The Morgan fingerprint density at radius 3 is 2.20 bits per heavy atom. The Morgan fingerprint density at radius 2 is 1.60 bits per heavy atom. The SMILES string of the molecule is C=CC(=O)NCC[N+](C)(C)Cc1ccc(C(=O)c2ccccc2)cc1. The van der Waals surface area contributed by atoms with Crippen LogP contribution in [-0.4, -0.2) is 43.4 Å². The van der Waals surface area contributed by atoms with Crippen LogP contribution in [0.1, 0.15) is 21.5 Å². The molecule has 0 fully saturated rings. The highest BCUT2D eigenvalue weighted by molar-refractivity contribution is 6.08. The minimum absolute atomic E-state index is 0.0352. The summed E-state index contributed by atoms with van der Waals surface area (Å²) in [7, 11) is 4.23. The summed E-state index contributed by atoms with van der Waals surface area (Å²) in [6.07, 6.45) is 1.28. The zero-order valence-corrected chi connectivity index (χ0v) is 14.9. The molecular formula is C21H25N2O2+. The van der Waals surface area contributed by atoms with Crippen molar-refractivity contribution in [2.24, 2.45) is 0 Å². The molecule has 4 heteroatoms. The first kappa shape index (κ1) is 18.6. The Labute approximate surface area is 149 Å². The third-order valence-corrected chi connectivity index (χ3v) is 4.06. The summed E-state index contributed by atoms with van der Waals surface area (Å²) in [5, 5.41) is 2.80. The molecule has 0 radical (unpaired) electrons. The van der Waals surface area contributed by atoms with Crippen LogP contribution >= 0.6 is 0 Å². The van der Waals surface area contributed by atoms with Gasteiger partial charge in [0.1, 0.15) is 6.54 Å². The summed E-state index contributed by atoms with van der Waals surface area (Å²) in [5.41, 5.74) is 2.55. The Kier molecular flexibility index (Phi) is 6.25. The van der Waals surface area contributed by atoms with Crippen molar-refractivity contribution in [1.29, 1.82) is 0 Å². The van der Waals surface area contributed by atoms with Gasteiger partial charge in [0.15, 0.2) is 5.78 Å². The predicted octanol–water partition coefficient (Wildman–Crippen LogP) is 2.80. The highest BCUT2D eigenvalue weighted by Crippen LogP contribution is 2.14. The molecule has 0 atom stereocenters. The molecule has 0 saturated carbocycles. The number of nitrogens with zero attached hydrogens (tertiary/aromatic N) is 1. The maximum absolute atomic E-state index is 12.4. The van der Waals surface area contributed by atoms with Crippen molar-refractivity contribution < 1.29 is 14.1 Å². The maximum atomic E-state index is 12.4. The summed E-state index contributed by atoms with van der Waals surface area (Å²) in [6, 6.07) is 17.0. The number of hydrogen-bond donors (Lipinski definition) is 1. The van der Waals surface area contributed by atoms with Crippen LogP contribution in [0.25, 0.3) is 0 Å². The molecule has 0 aliphatic carbocycles. The summed E-state index contributed by atoms with van der Waals surface area (Å²) >= 11 is 0. The lowest BCUT2D eigenvalue weighted by molar-refractivity contribution is -0.902. The highest BCUT2D eigenvalue weighted by Gasteiger charge is 2.16. The predicted molar refractivity (Wildman–Crippen MR) is 100 cm³/mol. The zero-order valence-electron chi connectivity index (χ0n) is 14.9. The van der Waals surface area contributed by atoms with Crippen molar-refractivity contribution >= 4 is 11.7 Å². The topological polar surface area (TPSA) is 46.2 Å². The molecular weight excluding hydrogens is 312 g/mol. The molecule has 2 aromatic carbocycles. The number of amides is 1. The average molecular weight is 337 g/mol. The van der Waals surface area contributed by atoms with Crippen LogP contribution < -0.4 is 5.32 Å². The van der Waals surface area contributed by atoms with Gasteiger partial charge in [-0.25, -0.2) is 0 Å². The molecule has 0 aliphatic heterocycles. The smallest absolute Gasteiger partial charge is 0.243 e. The number of benzene rings is 2. The second kappa shape index (κ2) is 8.40. The van der Waals surface area contributed by atoms with E-state index in [0.717, 1.165) is 23.1 Å². The number of rotatable bonds is 8. The quantitative estimate of drug-likeness (QED) is 0.457. The highest BCUT2D eigenvalue weighted by atomic mass is 16.1. The van der Waals surface area contributed by atoms with Crippen molar-refractivity contribution in [2.45, 2.75) is 6.54 Å². The lowest BCUT2D eigenvalue weighted by atomic mass is 10.0. The van der Waals surface area contributed by atoms with Gasteiger partial charge in [-0.05, 0) is 6.08 Å². The fourth-order valence-electron chi connectivity index (χ4n) is 2.64. The van der Waals surface area contributed by atoms with E-state index in [1.165, 1.54) is 6.08 Å². The van der Waals surface area contributed by atoms with Gasteiger partial charge in [0.25, 0.3) is 0 Å². The summed E-state index contributed by atoms with van der Waals surface area (Å²) in [6.45, 7) is 5.68. The number of hydrogen-bond acceptors (Lipinski definition) is 2. The molecule has 0 spiro atoms. The molecule has 1 N–H and O–H groups in total. The van der Waals surface area contributed by atoms with E-state index in [2.05, 4.69) is 26.0 Å². The Balaban J connectivity index is 1.96. The van der Waals surface area contributed by atoms with Crippen LogP contribution in [0, 0.1) is 0 Å². The Bertz CT molecular complexity index is 734. The second-order valence-electron chi connectivity index (χ2n) is 6.70. The van der Waals surface area contributed by atoms with E-state index in [0.29, 0.717) is 17.7 Å². The largest absolute Gasteiger partial charge is 0.347 e. The van der Waals surface area contributed by atoms with E-state index < -0.39 is 0 Å². The second-order valence-corrected chi connectivity index (χ2v) is 6.70. The average Bonchev–Trinajstić information content (AvgIpc) is 2.62. The number of carbonyl (C=O) groups excluding carboxylic acids is 2. The first-order valence-electron chi connectivity index (χ1n) is 8.32. The van der Waals surface area contributed by atoms with Gasteiger partial charge in [-0.3, -0.25) is 9.59 Å². The Morgan fingerprint density at radius 1 is 1.00 bits per heavy atom. The van der Waals surface area contributed by atoms with Crippen molar-refractivity contribution in [1.82, 2.24) is 5.32 Å². The molecule has 130 valence electrons. The van der Waals surface area contributed by atoms with E-state index in [4.69, 9.17) is 0 Å². The number of likely N-dealkylation sites (N-methyl/N-ethyl adjacent to an activating group) is 1. The molecule has 4 nitrogen and oxygen atoms in total. The number of quaternary nitrogens is 1. The molecule has 0 aliphatic rings. The van der Waals surface area contributed by atoms with E-state index in [1.54, 1.807) is 0 Å². The van der Waals surface area contributed by atoms with Gasteiger partial charge in [0.05, 0.1) is 27.2 Å². The first-order chi connectivity index (χ1) is 11.9. The minimum Gasteiger partial charge on any atom is -0.347 e. The third kappa shape index (κ3) is 5.69. The van der Waals surface area contributed by atoms with E-state index in [9.17, 15) is 9.59 Å². The summed E-state index contributed by atoms with van der Waals surface area (Å²) in [4.78, 5) is 23.6. The molecule has 0 heterocycles. The van der Waals surface area contributed by atoms with Crippen LogP contribution in [0.3, 0.4) is 0 Å². The molecule has 2 rings (SSSR count). The standard InChI is InChI=1S/C21H24N2O2/c1-4-20(24)22-14-15-23(2,3)16-17-10-12-19(13-11-17)21(25)18-8-6-5-7-9-18/h4-13H,1,14-16H2,2-3H3/p+1. The van der Waals surface area contributed by atoms with Crippen molar-refractivity contribution in [3.05, 3.63) is 83.9 Å². The van der Waals surface area contributed by atoms with Crippen LogP contribution in [-0.2, 0) is 11.3 Å². The third-order valence-electron chi connectivity index (χ3n) is 4.06. The fourth-order valence-corrected chi connectivity index (χ4v) is 2.64. The number of nitrogens with one attached hydrogen (secondary N) is 1. The van der Waals surface area contributed by atoms with Gasteiger partial charge < -0.3 is 9.80 Å². The molecule has 25 heavy (non-hydrogen) atoms. The minimum atomic E-state index is -0.149. The normalized spacial score (nSPS) is 11.0. The molecule has 0 aromatic heterocycles. The van der Waals surface area contributed by atoms with E-state index in [-0.39, 0.29) is 11.7 Å². The molecule has 1 amide bonds. The summed E-state index contributed by atoms with van der Waals surface area (Å²) < 4.78 is 0.739.